The minimum Gasteiger partial charge on any atom is -0.508 e. The van der Waals surface area contributed by atoms with Crippen LogP contribution in [0.2, 0.25) is 1.41 Å². The van der Waals surface area contributed by atoms with Crippen LogP contribution < -0.4 is 5.31 Å². The van der Waals surface area contributed by atoms with Crippen LogP contribution in [0.15, 0.2) is 24.2 Å². The highest BCUT2D eigenvalue weighted by molar-refractivity contribution is 5.28. The maximum atomic E-state index is 9.55. The van der Waals surface area contributed by atoms with Gasteiger partial charge < -0.3 is 15.5 Å². The Kier molecular flexibility index (Phi) is 1.14. The highest BCUT2D eigenvalue weighted by Crippen LogP contribution is 2.17. The van der Waals surface area contributed by atoms with Crippen LogP contribution in [0.3, 0.4) is 0 Å². The summed E-state index contributed by atoms with van der Waals surface area (Å²) in [6.07, 6.45) is -2.27. The average molecular weight is 174 g/mol. The number of likely N-dealkylation sites (N-methyl/N-ethyl adjacent to an activating group) is 1. The third-order valence-corrected chi connectivity index (χ3v) is 1.19. The van der Waals surface area contributed by atoms with Gasteiger partial charge in [-0.15, -0.1) is 0 Å². The topological polar surface area (TPSA) is 52.5 Å². The highest BCUT2D eigenvalue weighted by atomic mass is 16.3. The first-order valence-corrected chi connectivity index (χ1v) is 3.29. The van der Waals surface area contributed by atoms with Crippen molar-refractivity contribution in [1.29, 1.82) is 1.43 Å². The molecule has 0 bridgehead atoms. The molecule has 1 aromatic carbocycles. The maximum absolute atomic E-state index is 9.55. The van der Waals surface area contributed by atoms with Crippen LogP contribution in [0, 0.1) is 0 Å². The molecule has 0 fully saturated rings. The number of hydrogen-bond acceptors (Lipinski definition) is 3. The van der Waals surface area contributed by atoms with E-state index in [9.17, 15) is 5.11 Å². The van der Waals surface area contributed by atoms with Crippen molar-refractivity contribution in [2.24, 2.45) is 0 Å². The van der Waals surface area contributed by atoms with E-state index in [1.807, 2.05) is 0 Å². The van der Waals surface area contributed by atoms with Crippen LogP contribution in [0.5, 0.6) is 5.75 Å². The van der Waals surface area contributed by atoms with Gasteiger partial charge in [0.1, 0.15) is 7.16 Å². The van der Waals surface area contributed by atoms with Gasteiger partial charge in [-0.3, -0.25) is 0 Å². The molecule has 3 N–H and O–H groups in total. The Morgan fingerprint density at radius 1 is 1.92 bits per heavy atom. The van der Waals surface area contributed by atoms with E-state index in [0.29, 0.717) is 0 Å². The number of aromatic hydroxyl groups is 1. The molecule has 0 saturated carbocycles. The number of benzene rings is 1. The molecule has 12 heavy (non-hydrogen) atoms. The Hall–Kier alpha value is -1.06. The van der Waals surface area contributed by atoms with E-state index in [-0.39, 0.29) is 0 Å². The van der Waals surface area contributed by atoms with E-state index in [1.54, 1.807) is 0 Å². The van der Waals surface area contributed by atoms with Gasteiger partial charge in [-0.1, -0.05) is 12.1 Å². The summed E-state index contributed by atoms with van der Waals surface area (Å²) in [5, 5.41) is 14.5. The van der Waals surface area contributed by atoms with Gasteiger partial charge in [0.2, 0.25) is 1.43 Å². The molecule has 1 atom stereocenters. The second-order valence-electron chi connectivity index (χ2n) is 2.12. The van der Waals surface area contributed by atoms with E-state index in [2.05, 4.69) is 5.11 Å². The molecule has 0 aliphatic carbocycles. The molecule has 0 unspecified atom stereocenters. The third kappa shape index (κ3) is 2.22. The fourth-order valence-corrected chi connectivity index (χ4v) is 0.696. The summed E-state index contributed by atoms with van der Waals surface area (Å²) in [5.74, 6) is -0.850. The van der Waals surface area contributed by atoms with Gasteiger partial charge in [0, 0.05) is 6.54 Å². The fraction of sp³-hybridized carbons (Fsp3) is 0.333. The van der Waals surface area contributed by atoms with Crippen molar-refractivity contribution in [3.05, 3.63) is 29.7 Å². The van der Waals surface area contributed by atoms with Crippen LogP contribution in [-0.2, 0) is 0 Å². The summed E-state index contributed by atoms with van der Waals surface area (Å²) >= 11 is 0. The quantitative estimate of drug-likeness (QED) is 0.628. The lowest BCUT2D eigenvalue weighted by atomic mass is 10.1. The third-order valence-electron chi connectivity index (χ3n) is 1.19. The first-order valence-electron chi connectivity index (χ1n) is 6.65. The van der Waals surface area contributed by atoms with Gasteiger partial charge in [-0.25, -0.2) is 0 Å². The van der Waals surface area contributed by atoms with E-state index >= 15 is 0 Å². The monoisotopic (exact) mass is 174 g/mol. The van der Waals surface area contributed by atoms with Crippen LogP contribution in [0.1, 0.15) is 18.5 Å². The number of nitrogens with one attached hydrogen (secondary N) is 1. The Balaban J connectivity index is 3.57. The van der Waals surface area contributed by atoms with Gasteiger partial charge in [0.05, 0.1) is 12.9 Å². The summed E-state index contributed by atoms with van der Waals surface area (Å²) in [6.45, 7) is -0.468. The summed E-state index contributed by atoms with van der Waals surface area (Å²) in [6, 6.07) is -2.71. The summed E-state index contributed by atoms with van der Waals surface area (Å²) < 4.78 is 52.2. The van der Waals surface area contributed by atoms with Crippen molar-refractivity contribution in [3.8, 4) is 5.75 Å². The van der Waals surface area contributed by atoms with Crippen LogP contribution in [-0.4, -0.2) is 25.2 Å². The molecule has 0 spiro atoms. The zero-order chi connectivity index (χ0) is 15.0. The molecule has 0 aromatic heterocycles. The van der Waals surface area contributed by atoms with Crippen LogP contribution in [0.25, 0.3) is 0 Å². The smallest absolute Gasteiger partial charge is 0.211 e. The number of aliphatic hydroxyl groups is 1. The van der Waals surface area contributed by atoms with Crippen molar-refractivity contribution < 1.29 is 18.5 Å². The normalized spacial score (nSPS) is 24.0. The van der Waals surface area contributed by atoms with Crippen LogP contribution in [0.4, 0.5) is 0 Å². The number of hydrogen-bond donors (Lipinski definition) is 3. The average Bonchev–Trinajstić information content (AvgIpc) is 2.33. The molecule has 0 amide bonds. The fourth-order valence-electron chi connectivity index (χ4n) is 0.696. The van der Waals surface area contributed by atoms with Crippen molar-refractivity contribution in [1.82, 2.24) is 5.31 Å². The predicted octanol–water partition coefficient (Wildman–Crippen LogP) is 0.645. The lowest BCUT2D eigenvalue weighted by Crippen LogP contribution is -2.16. The molecule has 0 aliphatic rings. The van der Waals surface area contributed by atoms with Gasteiger partial charge >= 0.3 is 0 Å². The van der Waals surface area contributed by atoms with Gasteiger partial charge in [-0.2, -0.15) is 0 Å². The lowest BCUT2D eigenvalue weighted by molar-refractivity contribution is 0.177. The molecule has 0 saturated heterocycles. The zero-order valence-electron chi connectivity index (χ0n) is 13.5. The molecular formula is C9H13NO2. The first kappa shape index (κ1) is 3.36. The van der Waals surface area contributed by atoms with E-state index in [4.69, 9.17) is 9.70 Å². The predicted molar refractivity (Wildman–Crippen MR) is 47.0 cm³/mol. The molecule has 66 valence electrons. The molecule has 0 heterocycles. The van der Waals surface area contributed by atoms with E-state index in [1.165, 1.54) is 7.05 Å². The maximum Gasteiger partial charge on any atom is 0.211 e. The molecule has 3 nitrogen and oxygen atoms in total. The molecule has 0 aliphatic heterocycles. The molecule has 1 rings (SSSR count). The van der Waals surface area contributed by atoms with Crippen molar-refractivity contribution in [2.45, 2.75) is 6.08 Å². The Morgan fingerprint density at radius 2 is 2.75 bits per heavy atom. The second-order valence-corrected chi connectivity index (χ2v) is 2.12. The summed E-state index contributed by atoms with van der Waals surface area (Å²) in [7, 11) is 1.29. The Bertz CT molecular complexity index is 467. The van der Waals surface area contributed by atoms with E-state index in [0.717, 1.165) is 5.31 Å². The zero-order valence-corrected chi connectivity index (χ0v) is 6.51. The standard InChI is InChI=1S/C9H13NO2/c1-10-6-9(12)7-3-2-4-8(11)5-7/h2-5,9-12H,6H2,1H3/t9-/m1/s1/i2D,3D,4D,5D,9D,12D/hD. The molecular weight excluding hydrogens is 154 g/mol. The second kappa shape index (κ2) is 4.09. The van der Waals surface area contributed by atoms with Crippen molar-refractivity contribution >= 4 is 0 Å². The minimum atomic E-state index is -2.27. The Labute approximate surface area is 81.6 Å². The molecule has 0 radical (unpaired) electrons. The van der Waals surface area contributed by atoms with Crippen molar-refractivity contribution in [3.63, 3.8) is 0 Å². The number of rotatable bonds is 4. The van der Waals surface area contributed by atoms with Crippen LogP contribution >= 0.6 is 0 Å². The molecule has 3 heteroatoms. The largest absolute Gasteiger partial charge is 0.508 e. The highest BCUT2D eigenvalue weighted by Gasteiger charge is 2.05. The van der Waals surface area contributed by atoms with Gasteiger partial charge in [-0.05, 0) is 24.7 Å². The molecule has 1 aromatic rings. The Morgan fingerprint density at radius 3 is 3.42 bits per heavy atom. The SMILES string of the molecule is [2H]O[C@]([2H])(CN([2H])C)c1c([2H])c([2H])c([2H])c(O)c1[2H]. The van der Waals surface area contributed by atoms with Gasteiger partial charge in [0.15, 0.2) is 0 Å². The lowest BCUT2D eigenvalue weighted by Gasteiger charge is -2.09. The van der Waals surface area contributed by atoms with Crippen molar-refractivity contribution in [2.75, 3.05) is 13.6 Å². The summed E-state index contributed by atoms with van der Waals surface area (Å²) in [5.41, 5.74) is -0.514. The number of phenols is 1. The summed E-state index contributed by atoms with van der Waals surface area (Å²) in [4.78, 5) is 0. The van der Waals surface area contributed by atoms with Gasteiger partial charge in [0.25, 0.3) is 0 Å². The number of phenolic OH excluding ortho intramolecular Hbond substituents is 1. The first-order chi connectivity index (χ1) is 8.65. The minimum absolute atomic E-state index is 0.468. The van der Waals surface area contributed by atoms with E-state index < -0.39 is 48.1 Å².